The molecule has 0 unspecified atom stereocenters. The SMILES string of the molecule is O=C(COC(=O)C1CCN(C(=O)Nc2ccccc2)CC1)NC(=O)c1ccco1. The summed E-state index contributed by atoms with van der Waals surface area (Å²) in [6.45, 7) is 0.253. The Morgan fingerprint density at radius 1 is 1.03 bits per heavy atom. The first kappa shape index (κ1) is 20.1. The molecule has 0 saturated carbocycles. The number of likely N-dealkylation sites (tertiary alicyclic amines) is 1. The van der Waals surface area contributed by atoms with Crippen LogP contribution in [-0.2, 0) is 14.3 Å². The summed E-state index contributed by atoms with van der Waals surface area (Å²) in [6, 6.07) is 11.8. The number of ether oxygens (including phenoxy) is 1. The highest BCUT2D eigenvalue weighted by molar-refractivity contribution is 6.03. The van der Waals surface area contributed by atoms with Gasteiger partial charge in [0.25, 0.3) is 11.8 Å². The van der Waals surface area contributed by atoms with Crippen molar-refractivity contribution in [3.8, 4) is 0 Å². The topological polar surface area (TPSA) is 118 Å². The number of benzene rings is 1. The van der Waals surface area contributed by atoms with Crippen molar-refractivity contribution in [1.29, 1.82) is 0 Å². The molecule has 1 fully saturated rings. The summed E-state index contributed by atoms with van der Waals surface area (Å²) in [6.07, 6.45) is 2.19. The number of carbonyl (C=O) groups is 4. The third-order valence-electron chi connectivity index (χ3n) is 4.48. The van der Waals surface area contributed by atoms with Crippen LogP contribution in [0.2, 0.25) is 0 Å². The van der Waals surface area contributed by atoms with Crippen LogP contribution < -0.4 is 10.6 Å². The standard InChI is InChI=1S/C20H21N3O6/c24-17(22-18(25)16-7-4-12-28-16)13-29-19(26)14-8-10-23(11-9-14)20(27)21-15-5-2-1-3-6-15/h1-7,12,14H,8-11,13H2,(H,21,27)(H,22,24,25). The number of carbonyl (C=O) groups excluding carboxylic acids is 4. The zero-order valence-corrected chi connectivity index (χ0v) is 15.6. The summed E-state index contributed by atoms with van der Waals surface area (Å²) in [5, 5.41) is 4.88. The lowest BCUT2D eigenvalue weighted by atomic mass is 9.97. The van der Waals surface area contributed by atoms with Gasteiger partial charge in [0.15, 0.2) is 12.4 Å². The second-order valence-corrected chi connectivity index (χ2v) is 6.52. The van der Waals surface area contributed by atoms with Crippen LogP contribution in [0.25, 0.3) is 0 Å². The minimum atomic E-state index is -0.737. The van der Waals surface area contributed by atoms with E-state index in [0.717, 1.165) is 0 Å². The van der Waals surface area contributed by atoms with Crippen molar-refractivity contribution in [3.63, 3.8) is 0 Å². The Labute approximate surface area is 167 Å². The Hall–Kier alpha value is -3.62. The molecule has 9 heteroatoms. The van der Waals surface area contributed by atoms with E-state index in [4.69, 9.17) is 9.15 Å². The van der Waals surface area contributed by atoms with Crippen molar-refractivity contribution < 1.29 is 28.3 Å². The molecule has 9 nitrogen and oxygen atoms in total. The van der Waals surface area contributed by atoms with Crippen molar-refractivity contribution in [2.75, 3.05) is 25.0 Å². The number of nitrogens with one attached hydrogen (secondary N) is 2. The molecular weight excluding hydrogens is 378 g/mol. The van der Waals surface area contributed by atoms with Gasteiger partial charge in [-0.1, -0.05) is 18.2 Å². The first-order valence-electron chi connectivity index (χ1n) is 9.18. The smallest absolute Gasteiger partial charge is 0.321 e. The summed E-state index contributed by atoms with van der Waals surface area (Å²) in [4.78, 5) is 49.5. The van der Waals surface area contributed by atoms with E-state index in [2.05, 4.69) is 10.6 Å². The molecule has 0 bridgehead atoms. The van der Waals surface area contributed by atoms with E-state index in [1.54, 1.807) is 17.0 Å². The number of para-hydroxylation sites is 1. The van der Waals surface area contributed by atoms with Crippen LogP contribution in [-0.4, -0.2) is 48.4 Å². The van der Waals surface area contributed by atoms with Gasteiger partial charge in [-0.3, -0.25) is 19.7 Å². The Morgan fingerprint density at radius 3 is 2.41 bits per heavy atom. The van der Waals surface area contributed by atoms with Crippen molar-refractivity contribution >= 4 is 29.5 Å². The van der Waals surface area contributed by atoms with Gasteiger partial charge in [0.1, 0.15) is 0 Å². The van der Waals surface area contributed by atoms with Crippen molar-refractivity contribution in [2.45, 2.75) is 12.8 Å². The first-order valence-corrected chi connectivity index (χ1v) is 9.18. The zero-order valence-electron chi connectivity index (χ0n) is 15.6. The van der Waals surface area contributed by atoms with Crippen molar-refractivity contribution in [2.24, 2.45) is 5.92 Å². The molecule has 152 valence electrons. The number of amides is 4. The van der Waals surface area contributed by atoms with Gasteiger partial charge in [-0.2, -0.15) is 0 Å². The largest absolute Gasteiger partial charge is 0.459 e. The van der Waals surface area contributed by atoms with E-state index in [0.29, 0.717) is 31.6 Å². The molecule has 29 heavy (non-hydrogen) atoms. The van der Waals surface area contributed by atoms with Gasteiger partial charge in [0.2, 0.25) is 0 Å². The van der Waals surface area contributed by atoms with E-state index in [1.807, 2.05) is 18.2 Å². The Kier molecular flexibility index (Phi) is 6.62. The van der Waals surface area contributed by atoms with Gasteiger partial charge in [-0.25, -0.2) is 4.79 Å². The minimum absolute atomic E-state index is 0.00849. The first-order chi connectivity index (χ1) is 14.0. The molecule has 3 rings (SSSR count). The highest BCUT2D eigenvalue weighted by Gasteiger charge is 2.29. The van der Waals surface area contributed by atoms with Gasteiger partial charge < -0.3 is 19.4 Å². The van der Waals surface area contributed by atoms with E-state index < -0.39 is 30.3 Å². The fraction of sp³-hybridized carbons (Fsp3) is 0.300. The van der Waals surface area contributed by atoms with Crippen LogP contribution >= 0.6 is 0 Å². The van der Waals surface area contributed by atoms with Crippen molar-refractivity contribution in [1.82, 2.24) is 10.2 Å². The molecule has 2 heterocycles. The molecule has 4 amide bonds. The summed E-state index contributed by atoms with van der Waals surface area (Å²) in [5.74, 6) is -2.36. The van der Waals surface area contributed by atoms with Crippen LogP contribution in [0.15, 0.2) is 53.1 Å². The van der Waals surface area contributed by atoms with Crippen LogP contribution in [0.5, 0.6) is 0 Å². The van der Waals surface area contributed by atoms with Gasteiger partial charge in [-0.15, -0.1) is 0 Å². The molecule has 2 aromatic rings. The maximum absolute atomic E-state index is 12.3. The fourth-order valence-electron chi connectivity index (χ4n) is 2.93. The molecule has 0 radical (unpaired) electrons. The third-order valence-corrected chi connectivity index (χ3v) is 4.48. The predicted octanol–water partition coefficient (Wildman–Crippen LogP) is 2.02. The summed E-state index contributed by atoms with van der Waals surface area (Å²) >= 11 is 0. The minimum Gasteiger partial charge on any atom is -0.459 e. The molecule has 1 aliphatic heterocycles. The monoisotopic (exact) mass is 399 g/mol. The Morgan fingerprint density at radius 2 is 1.76 bits per heavy atom. The second-order valence-electron chi connectivity index (χ2n) is 6.52. The zero-order chi connectivity index (χ0) is 20.6. The molecule has 0 aliphatic carbocycles. The van der Waals surface area contributed by atoms with Crippen LogP contribution in [0.4, 0.5) is 10.5 Å². The number of anilines is 1. The predicted molar refractivity (Wildman–Crippen MR) is 102 cm³/mol. The van der Waals surface area contributed by atoms with E-state index >= 15 is 0 Å². The number of esters is 1. The average molecular weight is 399 g/mol. The van der Waals surface area contributed by atoms with Gasteiger partial charge in [0, 0.05) is 18.8 Å². The molecule has 0 atom stereocenters. The third kappa shape index (κ3) is 5.68. The highest BCUT2D eigenvalue weighted by Crippen LogP contribution is 2.19. The molecule has 1 aromatic heterocycles. The summed E-state index contributed by atoms with van der Waals surface area (Å²) in [5.41, 5.74) is 0.703. The van der Waals surface area contributed by atoms with E-state index in [9.17, 15) is 19.2 Å². The van der Waals surface area contributed by atoms with Gasteiger partial charge in [-0.05, 0) is 37.1 Å². The molecule has 2 N–H and O–H groups in total. The van der Waals surface area contributed by atoms with Gasteiger partial charge >= 0.3 is 12.0 Å². The van der Waals surface area contributed by atoms with Gasteiger partial charge in [0.05, 0.1) is 12.2 Å². The number of imide groups is 1. The molecule has 1 aliphatic rings. The van der Waals surface area contributed by atoms with Crippen molar-refractivity contribution in [3.05, 3.63) is 54.5 Å². The second kappa shape index (κ2) is 9.54. The number of urea groups is 1. The molecule has 1 aromatic carbocycles. The lowest BCUT2D eigenvalue weighted by molar-refractivity contribution is -0.153. The molecular formula is C20H21N3O6. The van der Waals surface area contributed by atoms with E-state index in [1.165, 1.54) is 18.4 Å². The maximum Gasteiger partial charge on any atom is 0.321 e. The number of furan rings is 1. The normalized spacial score (nSPS) is 14.1. The quantitative estimate of drug-likeness (QED) is 0.743. The lowest BCUT2D eigenvalue weighted by Gasteiger charge is -2.30. The van der Waals surface area contributed by atoms with Crippen LogP contribution in [0.1, 0.15) is 23.4 Å². The number of rotatable bonds is 5. The summed E-state index contributed by atoms with van der Waals surface area (Å²) in [7, 11) is 0. The average Bonchev–Trinajstić information content (AvgIpc) is 3.28. The number of nitrogens with zero attached hydrogens (tertiary/aromatic N) is 1. The Bertz CT molecular complexity index is 858. The number of hydrogen-bond donors (Lipinski definition) is 2. The Balaban J connectivity index is 1.38. The number of hydrogen-bond acceptors (Lipinski definition) is 6. The lowest BCUT2D eigenvalue weighted by Crippen LogP contribution is -2.43. The highest BCUT2D eigenvalue weighted by atomic mass is 16.5. The van der Waals surface area contributed by atoms with Crippen LogP contribution in [0, 0.1) is 5.92 Å². The van der Waals surface area contributed by atoms with E-state index in [-0.39, 0.29) is 11.8 Å². The molecule has 1 saturated heterocycles. The van der Waals surface area contributed by atoms with Crippen LogP contribution in [0.3, 0.4) is 0 Å². The number of piperidine rings is 1. The summed E-state index contributed by atoms with van der Waals surface area (Å²) < 4.78 is 9.87. The molecule has 0 spiro atoms. The fourth-order valence-corrected chi connectivity index (χ4v) is 2.93. The maximum atomic E-state index is 12.3.